The number of carboxylic acid groups (broad SMARTS) is 1. The van der Waals surface area contributed by atoms with E-state index in [1.165, 1.54) is 0 Å². The average Bonchev–Trinajstić information content (AvgIpc) is 2.43. The molecule has 6 heteroatoms. The summed E-state index contributed by atoms with van der Waals surface area (Å²) in [6, 6.07) is 0. The fraction of sp³-hybridized carbons (Fsp3) is 0.429. The molecule has 6 nitrogen and oxygen atoms in total. The number of fused-ring (bicyclic) bond motifs is 1. The van der Waals surface area contributed by atoms with E-state index >= 15 is 0 Å². The average molecular weight is 184 g/mol. The Hall–Kier alpha value is -1.56. The molecule has 1 aliphatic heterocycles. The molecular formula is C7H8N2O4. The Kier molecular flexibility index (Phi) is 1.70. The second-order valence-electron chi connectivity index (χ2n) is 2.87. The Morgan fingerprint density at radius 3 is 3.08 bits per heavy atom. The molecule has 0 saturated carbocycles. The highest BCUT2D eigenvalue weighted by atomic mass is 16.4. The lowest BCUT2D eigenvalue weighted by Crippen LogP contribution is -2.32. The van der Waals surface area contributed by atoms with Gasteiger partial charge in [0.2, 0.25) is 0 Å². The number of carboxylic acids is 1. The molecule has 0 radical (unpaired) electrons. The molecule has 3 N–H and O–H groups in total. The van der Waals surface area contributed by atoms with Gasteiger partial charge in [-0.15, -0.1) is 0 Å². The highest BCUT2D eigenvalue weighted by Gasteiger charge is 2.29. The minimum Gasteiger partial charge on any atom is -0.481 e. The fourth-order valence-electron chi connectivity index (χ4n) is 1.43. The molecular weight excluding hydrogens is 176 g/mol. The van der Waals surface area contributed by atoms with Gasteiger partial charge in [0.1, 0.15) is 11.7 Å². The lowest BCUT2D eigenvalue weighted by atomic mass is 10.0. The molecule has 0 amide bonds. The van der Waals surface area contributed by atoms with Crippen molar-refractivity contribution in [3.8, 4) is 0 Å². The molecule has 0 aliphatic carbocycles. The van der Waals surface area contributed by atoms with Crippen LogP contribution in [0.3, 0.4) is 0 Å². The zero-order chi connectivity index (χ0) is 9.42. The number of nitrogens with one attached hydrogen (secondary N) is 2. The van der Waals surface area contributed by atoms with Crippen molar-refractivity contribution in [1.29, 1.82) is 0 Å². The van der Waals surface area contributed by atoms with Gasteiger partial charge in [-0.2, -0.15) is 0 Å². The zero-order valence-corrected chi connectivity index (χ0v) is 6.66. The number of aromatic nitrogens is 1. The van der Waals surface area contributed by atoms with Crippen LogP contribution in [-0.4, -0.2) is 22.6 Å². The minimum absolute atomic E-state index is 0.317. The number of rotatable bonds is 1. The molecule has 1 aromatic heterocycles. The van der Waals surface area contributed by atoms with Crippen LogP contribution in [0.2, 0.25) is 0 Å². The van der Waals surface area contributed by atoms with E-state index in [2.05, 4.69) is 10.3 Å². The maximum Gasteiger partial charge on any atom is 0.416 e. The topological polar surface area (TPSA) is 95.3 Å². The summed E-state index contributed by atoms with van der Waals surface area (Å²) in [5.41, 5.74) is 0.385. The van der Waals surface area contributed by atoms with Crippen molar-refractivity contribution in [3.63, 3.8) is 0 Å². The number of hydrogen-bond acceptors (Lipinski definition) is 4. The number of hydrogen-bond donors (Lipinski definition) is 3. The minimum atomic E-state index is -0.967. The maximum absolute atomic E-state index is 10.8. The lowest BCUT2D eigenvalue weighted by Gasteiger charge is -2.17. The molecule has 1 aliphatic rings. The van der Waals surface area contributed by atoms with Crippen LogP contribution in [0.1, 0.15) is 17.4 Å². The summed E-state index contributed by atoms with van der Waals surface area (Å²) >= 11 is 0. The second-order valence-corrected chi connectivity index (χ2v) is 2.87. The molecule has 1 atom stereocenters. The predicted octanol–water partition coefficient (Wildman–Crippen LogP) is -0.761. The van der Waals surface area contributed by atoms with Crippen LogP contribution in [0.25, 0.3) is 0 Å². The monoisotopic (exact) mass is 184 g/mol. The zero-order valence-electron chi connectivity index (χ0n) is 6.66. The first kappa shape index (κ1) is 8.06. The Morgan fingerprint density at radius 1 is 1.62 bits per heavy atom. The number of aromatic amines is 1. The van der Waals surface area contributed by atoms with Crippen LogP contribution in [0, 0.1) is 0 Å². The first-order valence-corrected chi connectivity index (χ1v) is 3.84. The van der Waals surface area contributed by atoms with Crippen LogP contribution in [-0.2, 0) is 11.3 Å². The van der Waals surface area contributed by atoms with E-state index in [1.807, 2.05) is 0 Å². The van der Waals surface area contributed by atoms with Crippen LogP contribution in [0.5, 0.6) is 0 Å². The first-order chi connectivity index (χ1) is 6.18. The van der Waals surface area contributed by atoms with Crippen LogP contribution in [0.15, 0.2) is 9.21 Å². The molecule has 0 bridgehead atoms. The largest absolute Gasteiger partial charge is 0.481 e. The fourth-order valence-corrected chi connectivity index (χ4v) is 1.43. The number of H-pyrrole nitrogens is 1. The summed E-state index contributed by atoms with van der Waals surface area (Å²) < 4.78 is 4.75. The highest BCUT2D eigenvalue weighted by Crippen LogP contribution is 2.20. The molecule has 1 unspecified atom stereocenters. The molecule has 13 heavy (non-hydrogen) atoms. The van der Waals surface area contributed by atoms with Gasteiger partial charge in [0, 0.05) is 6.54 Å². The van der Waals surface area contributed by atoms with Gasteiger partial charge in [-0.05, 0) is 0 Å². The smallest absolute Gasteiger partial charge is 0.416 e. The molecule has 2 rings (SSSR count). The molecule has 0 saturated heterocycles. The maximum atomic E-state index is 10.8. The Bertz CT molecular complexity index is 391. The summed E-state index contributed by atoms with van der Waals surface area (Å²) in [6.45, 7) is 0.718. The molecule has 0 fully saturated rings. The van der Waals surface area contributed by atoms with Crippen molar-refractivity contribution in [2.75, 3.05) is 6.54 Å². The number of carbonyl (C=O) groups is 1. The Morgan fingerprint density at radius 2 is 2.38 bits per heavy atom. The summed E-state index contributed by atoms with van der Waals surface area (Å²) in [6.07, 6.45) is 0. The van der Waals surface area contributed by atoms with Gasteiger partial charge in [-0.25, -0.2) is 4.79 Å². The summed E-state index contributed by atoms with van der Waals surface area (Å²) in [4.78, 5) is 23.9. The summed E-state index contributed by atoms with van der Waals surface area (Å²) in [7, 11) is 0. The van der Waals surface area contributed by atoms with E-state index in [9.17, 15) is 9.59 Å². The van der Waals surface area contributed by atoms with Gasteiger partial charge in [0.05, 0.1) is 12.2 Å². The third-order valence-electron chi connectivity index (χ3n) is 2.03. The van der Waals surface area contributed by atoms with E-state index in [4.69, 9.17) is 9.52 Å². The standard InChI is InChI=1S/C7H8N2O4/c10-6(11)3-1-8-2-4-5(3)9-7(12)13-4/h3,8H,1-2H2,(H,9,12)(H,10,11). The van der Waals surface area contributed by atoms with Crippen LogP contribution >= 0.6 is 0 Å². The van der Waals surface area contributed by atoms with E-state index in [0.717, 1.165) is 0 Å². The van der Waals surface area contributed by atoms with E-state index < -0.39 is 17.6 Å². The van der Waals surface area contributed by atoms with Crippen molar-refractivity contribution in [2.45, 2.75) is 12.5 Å². The number of aliphatic carboxylic acids is 1. The SMILES string of the molecule is O=C(O)C1CNCc2oc(=O)[nH]c21. The Balaban J connectivity index is 2.47. The van der Waals surface area contributed by atoms with Crippen molar-refractivity contribution in [3.05, 3.63) is 22.0 Å². The molecule has 2 heterocycles. The van der Waals surface area contributed by atoms with Crippen molar-refractivity contribution >= 4 is 5.97 Å². The molecule has 0 spiro atoms. The van der Waals surface area contributed by atoms with Crippen LogP contribution in [0.4, 0.5) is 0 Å². The van der Waals surface area contributed by atoms with E-state index in [0.29, 0.717) is 24.5 Å². The van der Waals surface area contributed by atoms with Gasteiger partial charge < -0.3 is 14.8 Å². The van der Waals surface area contributed by atoms with Gasteiger partial charge in [0.25, 0.3) is 0 Å². The van der Waals surface area contributed by atoms with E-state index in [1.54, 1.807) is 0 Å². The molecule has 0 aromatic carbocycles. The van der Waals surface area contributed by atoms with E-state index in [-0.39, 0.29) is 0 Å². The quantitative estimate of drug-likeness (QED) is 0.533. The van der Waals surface area contributed by atoms with Gasteiger partial charge in [0.15, 0.2) is 0 Å². The summed E-state index contributed by atoms with van der Waals surface area (Å²) in [5, 5.41) is 11.6. The first-order valence-electron chi connectivity index (χ1n) is 3.84. The van der Waals surface area contributed by atoms with Crippen molar-refractivity contribution in [1.82, 2.24) is 10.3 Å². The Labute approximate surface area is 72.6 Å². The normalized spacial score (nSPS) is 21.1. The summed E-state index contributed by atoms with van der Waals surface area (Å²) in [5.74, 6) is -1.88. The predicted molar refractivity (Wildman–Crippen MR) is 41.4 cm³/mol. The van der Waals surface area contributed by atoms with Crippen LogP contribution < -0.4 is 11.1 Å². The molecule has 1 aromatic rings. The van der Waals surface area contributed by atoms with Gasteiger partial charge in [-0.3, -0.25) is 9.78 Å². The molecule has 70 valence electrons. The van der Waals surface area contributed by atoms with Crippen molar-refractivity contribution < 1.29 is 14.3 Å². The third-order valence-corrected chi connectivity index (χ3v) is 2.03. The highest BCUT2D eigenvalue weighted by molar-refractivity contribution is 5.76. The van der Waals surface area contributed by atoms with Gasteiger partial charge in [-0.1, -0.05) is 0 Å². The second kappa shape index (κ2) is 2.74. The third kappa shape index (κ3) is 1.25. The lowest BCUT2D eigenvalue weighted by molar-refractivity contribution is -0.139. The van der Waals surface area contributed by atoms with Crippen molar-refractivity contribution in [2.24, 2.45) is 0 Å². The van der Waals surface area contributed by atoms with Gasteiger partial charge >= 0.3 is 11.7 Å². The number of oxazole rings is 1.